The van der Waals surface area contributed by atoms with Gasteiger partial charge in [0.05, 0.1) is 23.5 Å². The van der Waals surface area contributed by atoms with Gasteiger partial charge in [-0.15, -0.1) is 0 Å². The van der Waals surface area contributed by atoms with Gasteiger partial charge in [0.1, 0.15) is 9.84 Å². The van der Waals surface area contributed by atoms with Gasteiger partial charge >= 0.3 is 0 Å². The van der Waals surface area contributed by atoms with Gasteiger partial charge in [-0.1, -0.05) is 0 Å². The quantitative estimate of drug-likeness (QED) is 0.596. The molecular weight excluding hydrogens is 218 g/mol. The van der Waals surface area contributed by atoms with Crippen molar-refractivity contribution < 1.29 is 18.0 Å². The topological polar surface area (TPSA) is 80.3 Å². The first kappa shape index (κ1) is 10.6. The van der Waals surface area contributed by atoms with Crippen molar-refractivity contribution in [3.63, 3.8) is 0 Å². The minimum atomic E-state index is -2.99. The molecule has 2 saturated heterocycles. The third-order valence-electron chi connectivity index (χ3n) is 3.25. The molecular formula is C9H13NO4S. The van der Waals surface area contributed by atoms with Gasteiger partial charge in [0, 0.05) is 6.42 Å². The Morgan fingerprint density at radius 1 is 1.13 bits per heavy atom. The molecule has 1 amide bonds. The molecule has 0 aromatic carbocycles. The molecule has 0 saturated carbocycles. The van der Waals surface area contributed by atoms with Crippen molar-refractivity contribution in [2.45, 2.75) is 19.3 Å². The Bertz CT molecular complexity index is 398. The lowest BCUT2D eigenvalue weighted by Crippen LogP contribution is -2.53. The second kappa shape index (κ2) is 3.30. The van der Waals surface area contributed by atoms with Crippen LogP contribution in [-0.4, -0.2) is 38.2 Å². The number of hydrogen-bond donors (Lipinski definition) is 1. The van der Waals surface area contributed by atoms with E-state index in [2.05, 4.69) is 5.32 Å². The maximum Gasteiger partial charge on any atom is 0.227 e. The molecule has 2 heterocycles. The molecule has 5 nitrogen and oxygen atoms in total. The molecule has 2 aliphatic heterocycles. The summed E-state index contributed by atoms with van der Waals surface area (Å²) in [5, 5.41) is 2.54. The van der Waals surface area contributed by atoms with Crippen LogP contribution in [0.5, 0.6) is 0 Å². The van der Waals surface area contributed by atoms with Crippen LogP contribution in [0.2, 0.25) is 0 Å². The third kappa shape index (κ3) is 1.90. The lowest BCUT2D eigenvalue weighted by Gasteiger charge is -2.37. The first-order valence-electron chi connectivity index (χ1n) is 4.94. The summed E-state index contributed by atoms with van der Waals surface area (Å²) in [4.78, 5) is 22.9. The van der Waals surface area contributed by atoms with Crippen LogP contribution in [-0.2, 0) is 19.4 Å². The summed E-state index contributed by atoms with van der Waals surface area (Å²) in [7, 11) is -2.99. The molecule has 0 bridgehead atoms. The van der Waals surface area contributed by atoms with E-state index in [1.54, 1.807) is 0 Å². The molecule has 0 aromatic rings. The predicted octanol–water partition coefficient (Wildman–Crippen LogP) is -0.730. The predicted molar refractivity (Wildman–Crippen MR) is 53.0 cm³/mol. The monoisotopic (exact) mass is 231 g/mol. The third-order valence-corrected chi connectivity index (χ3v) is 4.90. The average molecular weight is 231 g/mol. The van der Waals surface area contributed by atoms with E-state index >= 15 is 0 Å². The maximum atomic E-state index is 11.7. The van der Waals surface area contributed by atoms with Crippen LogP contribution in [0.3, 0.4) is 0 Å². The van der Waals surface area contributed by atoms with Crippen molar-refractivity contribution in [1.29, 1.82) is 0 Å². The minimum Gasteiger partial charge on any atom is -0.349 e. The van der Waals surface area contributed by atoms with Crippen molar-refractivity contribution in [2.24, 2.45) is 5.41 Å². The van der Waals surface area contributed by atoms with Crippen LogP contribution in [0, 0.1) is 5.41 Å². The molecule has 0 aromatic heterocycles. The van der Waals surface area contributed by atoms with Gasteiger partial charge in [-0.05, 0) is 12.8 Å². The zero-order valence-electron chi connectivity index (χ0n) is 8.28. The standard InChI is InChI=1S/C9H13NO4S/c11-7-5-9(8(12)10-6-7)1-3-15(13,14)4-2-9/h1-6H2,(H,10,12). The summed E-state index contributed by atoms with van der Waals surface area (Å²) in [6, 6.07) is 0. The highest BCUT2D eigenvalue weighted by Crippen LogP contribution is 2.37. The number of ketones is 1. The van der Waals surface area contributed by atoms with E-state index in [1.165, 1.54) is 0 Å². The molecule has 1 spiro atoms. The van der Waals surface area contributed by atoms with Crippen molar-refractivity contribution >= 4 is 21.5 Å². The van der Waals surface area contributed by atoms with Gasteiger partial charge in [0.25, 0.3) is 0 Å². The number of piperidine rings is 1. The Hall–Kier alpha value is -0.910. The zero-order chi connectivity index (χ0) is 11.1. The maximum absolute atomic E-state index is 11.7. The van der Waals surface area contributed by atoms with E-state index < -0.39 is 15.3 Å². The van der Waals surface area contributed by atoms with E-state index in [0.29, 0.717) is 0 Å². The molecule has 15 heavy (non-hydrogen) atoms. The van der Waals surface area contributed by atoms with E-state index in [-0.39, 0.29) is 49.0 Å². The first-order chi connectivity index (χ1) is 6.94. The number of carbonyl (C=O) groups is 2. The van der Waals surface area contributed by atoms with Crippen LogP contribution in [0.1, 0.15) is 19.3 Å². The van der Waals surface area contributed by atoms with Crippen LogP contribution in [0.15, 0.2) is 0 Å². The molecule has 2 aliphatic rings. The summed E-state index contributed by atoms with van der Waals surface area (Å²) < 4.78 is 22.5. The van der Waals surface area contributed by atoms with Gasteiger partial charge in [-0.2, -0.15) is 0 Å². The van der Waals surface area contributed by atoms with Crippen LogP contribution in [0.4, 0.5) is 0 Å². The highest BCUT2D eigenvalue weighted by Gasteiger charge is 2.46. The molecule has 84 valence electrons. The van der Waals surface area contributed by atoms with Crippen LogP contribution < -0.4 is 5.32 Å². The molecule has 6 heteroatoms. The van der Waals surface area contributed by atoms with Gasteiger partial charge in [0.15, 0.2) is 5.78 Å². The summed E-state index contributed by atoms with van der Waals surface area (Å²) in [6.45, 7) is 0.0906. The molecule has 0 unspecified atom stereocenters. The number of rotatable bonds is 0. The number of Topliss-reactive ketones (excluding diaryl/α,β-unsaturated/α-hetero) is 1. The average Bonchev–Trinajstić information content (AvgIpc) is 2.17. The molecule has 2 rings (SSSR count). The second-order valence-corrected chi connectivity index (χ2v) is 6.63. The van der Waals surface area contributed by atoms with E-state index in [1.807, 2.05) is 0 Å². The molecule has 1 N–H and O–H groups in total. The second-order valence-electron chi connectivity index (χ2n) is 4.33. The van der Waals surface area contributed by atoms with E-state index in [4.69, 9.17) is 0 Å². The fraction of sp³-hybridized carbons (Fsp3) is 0.778. The van der Waals surface area contributed by atoms with Gasteiger partial charge in [-0.3, -0.25) is 9.59 Å². The zero-order valence-corrected chi connectivity index (χ0v) is 9.10. The van der Waals surface area contributed by atoms with Crippen LogP contribution in [0.25, 0.3) is 0 Å². The molecule has 2 fully saturated rings. The Kier molecular flexibility index (Phi) is 2.33. The Labute approximate surface area is 88.1 Å². The molecule has 0 atom stereocenters. The summed E-state index contributed by atoms with van der Waals surface area (Å²) in [6.07, 6.45) is 0.772. The van der Waals surface area contributed by atoms with E-state index in [0.717, 1.165) is 0 Å². The lowest BCUT2D eigenvalue weighted by atomic mass is 9.74. The lowest BCUT2D eigenvalue weighted by molar-refractivity contribution is -0.141. The smallest absolute Gasteiger partial charge is 0.227 e. The fourth-order valence-electron chi connectivity index (χ4n) is 2.22. The number of carbonyl (C=O) groups excluding carboxylic acids is 2. The number of sulfone groups is 1. The highest BCUT2D eigenvalue weighted by molar-refractivity contribution is 7.91. The van der Waals surface area contributed by atoms with Crippen LogP contribution >= 0.6 is 0 Å². The van der Waals surface area contributed by atoms with Gasteiger partial charge < -0.3 is 5.32 Å². The van der Waals surface area contributed by atoms with Gasteiger partial charge in [0.2, 0.25) is 5.91 Å². The van der Waals surface area contributed by atoms with E-state index in [9.17, 15) is 18.0 Å². The summed E-state index contributed by atoms with van der Waals surface area (Å²) >= 11 is 0. The minimum absolute atomic E-state index is 0.00565. The first-order valence-corrected chi connectivity index (χ1v) is 6.76. The van der Waals surface area contributed by atoms with Crippen molar-refractivity contribution in [1.82, 2.24) is 5.32 Å². The number of hydrogen-bond acceptors (Lipinski definition) is 4. The normalized spacial score (nSPS) is 28.8. The summed E-state index contributed by atoms with van der Waals surface area (Å²) in [5.41, 5.74) is -0.735. The molecule has 0 aliphatic carbocycles. The largest absolute Gasteiger partial charge is 0.349 e. The summed E-state index contributed by atoms with van der Waals surface area (Å²) in [5.74, 6) is -0.118. The van der Waals surface area contributed by atoms with Gasteiger partial charge in [-0.25, -0.2) is 8.42 Å². The SMILES string of the molecule is O=C1CNC(=O)C2(CCS(=O)(=O)CC2)C1. The Morgan fingerprint density at radius 2 is 1.73 bits per heavy atom. The van der Waals surface area contributed by atoms with Crippen molar-refractivity contribution in [3.8, 4) is 0 Å². The fourth-order valence-corrected chi connectivity index (χ4v) is 3.83. The number of amides is 1. The van der Waals surface area contributed by atoms with Crippen molar-refractivity contribution in [3.05, 3.63) is 0 Å². The number of nitrogens with one attached hydrogen (secondary N) is 1. The highest BCUT2D eigenvalue weighted by atomic mass is 32.2. The molecule has 0 radical (unpaired) electrons. The Balaban J connectivity index is 2.20. The Morgan fingerprint density at radius 3 is 2.33 bits per heavy atom. The van der Waals surface area contributed by atoms with Crippen molar-refractivity contribution in [2.75, 3.05) is 18.1 Å².